The van der Waals surface area contributed by atoms with E-state index in [1.54, 1.807) is 11.3 Å². The second-order valence-corrected chi connectivity index (χ2v) is 7.19. The molecule has 0 radical (unpaired) electrons. The molecular formula is C14H16BrClN2S. The lowest BCUT2D eigenvalue weighted by Gasteiger charge is -2.22. The standard InChI is InChI=1S/C14H16BrClN2S/c1-9-4-10(2)17-14(12(9)6-16)18(3)7-11-5-13(15)19-8-11/h4-5,8H,6-7H2,1-3H3. The Morgan fingerprint density at radius 3 is 2.68 bits per heavy atom. The number of rotatable bonds is 4. The quantitative estimate of drug-likeness (QED) is 0.722. The van der Waals surface area contributed by atoms with Gasteiger partial charge in [0.05, 0.1) is 9.67 Å². The lowest BCUT2D eigenvalue weighted by molar-refractivity contribution is 0.882. The van der Waals surface area contributed by atoms with E-state index in [0.29, 0.717) is 5.88 Å². The van der Waals surface area contributed by atoms with E-state index in [2.05, 4.69) is 57.3 Å². The molecule has 0 fully saturated rings. The van der Waals surface area contributed by atoms with Gasteiger partial charge in [-0.25, -0.2) is 4.98 Å². The van der Waals surface area contributed by atoms with Crippen molar-refractivity contribution in [2.75, 3.05) is 11.9 Å². The molecule has 0 bridgehead atoms. The minimum atomic E-state index is 0.492. The van der Waals surface area contributed by atoms with Crippen LogP contribution in [0.1, 0.15) is 22.4 Å². The highest BCUT2D eigenvalue weighted by atomic mass is 79.9. The maximum atomic E-state index is 6.07. The largest absolute Gasteiger partial charge is 0.355 e. The summed E-state index contributed by atoms with van der Waals surface area (Å²) in [5, 5.41) is 2.16. The minimum absolute atomic E-state index is 0.492. The number of hydrogen-bond acceptors (Lipinski definition) is 3. The Kier molecular flexibility index (Phi) is 4.87. The molecule has 0 saturated carbocycles. The van der Waals surface area contributed by atoms with Gasteiger partial charge in [-0.05, 0) is 58.4 Å². The summed E-state index contributed by atoms with van der Waals surface area (Å²) in [5.74, 6) is 1.47. The molecule has 2 nitrogen and oxygen atoms in total. The molecule has 0 aliphatic rings. The summed E-state index contributed by atoms with van der Waals surface area (Å²) >= 11 is 11.3. The van der Waals surface area contributed by atoms with Gasteiger partial charge in [0, 0.05) is 24.8 Å². The van der Waals surface area contributed by atoms with E-state index in [0.717, 1.165) is 27.4 Å². The zero-order valence-corrected chi connectivity index (χ0v) is 14.4. The minimum Gasteiger partial charge on any atom is -0.355 e. The van der Waals surface area contributed by atoms with E-state index >= 15 is 0 Å². The zero-order chi connectivity index (χ0) is 14.0. The highest BCUT2D eigenvalue weighted by molar-refractivity contribution is 9.11. The summed E-state index contributed by atoms with van der Waals surface area (Å²) in [7, 11) is 2.06. The highest BCUT2D eigenvalue weighted by Gasteiger charge is 2.13. The fraction of sp³-hybridized carbons (Fsp3) is 0.357. The number of aryl methyl sites for hydroxylation is 2. The van der Waals surface area contributed by atoms with E-state index in [9.17, 15) is 0 Å². The molecule has 2 aromatic heterocycles. The van der Waals surface area contributed by atoms with Crippen molar-refractivity contribution in [3.8, 4) is 0 Å². The van der Waals surface area contributed by atoms with Crippen LogP contribution in [0.2, 0.25) is 0 Å². The van der Waals surface area contributed by atoms with Crippen LogP contribution < -0.4 is 4.90 Å². The summed E-state index contributed by atoms with van der Waals surface area (Å²) in [6.45, 7) is 4.94. The van der Waals surface area contributed by atoms with Crippen LogP contribution in [0.3, 0.4) is 0 Å². The van der Waals surface area contributed by atoms with Gasteiger partial charge in [-0.15, -0.1) is 22.9 Å². The SMILES string of the molecule is Cc1cc(C)c(CCl)c(N(C)Cc2csc(Br)c2)n1. The van der Waals surface area contributed by atoms with E-state index in [1.165, 1.54) is 11.1 Å². The van der Waals surface area contributed by atoms with Crippen molar-refractivity contribution in [3.05, 3.63) is 43.7 Å². The summed E-state index contributed by atoms with van der Waals surface area (Å²) in [6, 6.07) is 4.22. The molecule has 2 aromatic rings. The van der Waals surface area contributed by atoms with Gasteiger partial charge in [0.15, 0.2) is 0 Å². The molecule has 0 spiro atoms. The Bertz CT molecular complexity index is 583. The molecule has 0 saturated heterocycles. The van der Waals surface area contributed by atoms with Crippen LogP contribution in [0.25, 0.3) is 0 Å². The summed E-state index contributed by atoms with van der Waals surface area (Å²) in [5.41, 5.74) is 4.63. The second-order valence-electron chi connectivity index (χ2n) is 4.63. The van der Waals surface area contributed by atoms with E-state index in [-0.39, 0.29) is 0 Å². The first-order valence-corrected chi connectivity index (χ1v) is 8.19. The normalized spacial score (nSPS) is 10.8. The third-order valence-corrected chi connectivity index (χ3v) is 4.81. The molecule has 0 aliphatic heterocycles. The van der Waals surface area contributed by atoms with Crippen LogP contribution in [0.15, 0.2) is 21.3 Å². The number of nitrogens with zero attached hydrogens (tertiary/aromatic N) is 2. The van der Waals surface area contributed by atoms with Gasteiger partial charge >= 0.3 is 0 Å². The lowest BCUT2D eigenvalue weighted by atomic mass is 10.1. The molecule has 0 aliphatic carbocycles. The van der Waals surface area contributed by atoms with Crippen LogP contribution in [-0.4, -0.2) is 12.0 Å². The van der Waals surface area contributed by atoms with E-state index in [1.807, 2.05) is 6.92 Å². The predicted octanol–water partition coefficient (Wildman–Crippen LogP) is 4.90. The van der Waals surface area contributed by atoms with Crippen LogP contribution in [0.5, 0.6) is 0 Å². The van der Waals surface area contributed by atoms with Crippen LogP contribution in [0, 0.1) is 13.8 Å². The molecule has 0 amide bonds. The smallest absolute Gasteiger partial charge is 0.133 e. The molecule has 2 heterocycles. The van der Waals surface area contributed by atoms with Gasteiger partial charge in [0.1, 0.15) is 5.82 Å². The summed E-state index contributed by atoms with van der Waals surface area (Å²) < 4.78 is 1.15. The van der Waals surface area contributed by atoms with Gasteiger partial charge in [-0.1, -0.05) is 0 Å². The molecule has 2 rings (SSSR count). The maximum Gasteiger partial charge on any atom is 0.133 e. The van der Waals surface area contributed by atoms with E-state index in [4.69, 9.17) is 11.6 Å². The fourth-order valence-corrected chi connectivity index (χ4v) is 3.63. The Morgan fingerprint density at radius 2 is 2.11 bits per heavy atom. The third kappa shape index (κ3) is 3.50. The molecule has 5 heteroatoms. The van der Waals surface area contributed by atoms with Crippen LogP contribution in [0.4, 0.5) is 5.82 Å². The number of pyridine rings is 1. The lowest BCUT2D eigenvalue weighted by Crippen LogP contribution is -2.19. The second kappa shape index (κ2) is 6.25. The van der Waals surface area contributed by atoms with Gasteiger partial charge in [-0.2, -0.15) is 0 Å². The van der Waals surface area contributed by atoms with Crippen molar-refractivity contribution in [2.45, 2.75) is 26.3 Å². The van der Waals surface area contributed by atoms with Crippen LogP contribution in [-0.2, 0) is 12.4 Å². The van der Waals surface area contributed by atoms with Crippen molar-refractivity contribution in [1.82, 2.24) is 4.98 Å². The first-order chi connectivity index (χ1) is 9.01. The summed E-state index contributed by atoms with van der Waals surface area (Å²) in [6.07, 6.45) is 0. The van der Waals surface area contributed by atoms with Crippen molar-refractivity contribution >= 4 is 44.7 Å². The Balaban J connectivity index is 2.30. The van der Waals surface area contributed by atoms with Crippen molar-refractivity contribution in [1.29, 1.82) is 0 Å². The monoisotopic (exact) mass is 358 g/mol. The molecule has 0 aromatic carbocycles. The van der Waals surface area contributed by atoms with Gasteiger partial charge in [0.25, 0.3) is 0 Å². The van der Waals surface area contributed by atoms with E-state index < -0.39 is 0 Å². The van der Waals surface area contributed by atoms with Crippen molar-refractivity contribution in [2.24, 2.45) is 0 Å². The van der Waals surface area contributed by atoms with Crippen LogP contribution >= 0.6 is 38.9 Å². The topological polar surface area (TPSA) is 16.1 Å². The molecule has 0 unspecified atom stereocenters. The van der Waals surface area contributed by atoms with Gasteiger partial charge in [0.2, 0.25) is 0 Å². The first kappa shape index (κ1) is 14.8. The van der Waals surface area contributed by atoms with Gasteiger partial charge in [-0.3, -0.25) is 0 Å². The van der Waals surface area contributed by atoms with Crippen molar-refractivity contribution < 1.29 is 0 Å². The number of hydrogen-bond donors (Lipinski definition) is 0. The molecule has 102 valence electrons. The molecule has 0 N–H and O–H groups in total. The number of alkyl halides is 1. The number of halogens is 2. The number of anilines is 1. The zero-order valence-electron chi connectivity index (χ0n) is 11.2. The van der Waals surface area contributed by atoms with Gasteiger partial charge < -0.3 is 4.90 Å². The average Bonchev–Trinajstić information content (AvgIpc) is 2.73. The average molecular weight is 360 g/mol. The Morgan fingerprint density at radius 1 is 1.37 bits per heavy atom. The number of aromatic nitrogens is 1. The molecular weight excluding hydrogens is 344 g/mol. The first-order valence-electron chi connectivity index (χ1n) is 5.98. The Labute approximate surface area is 131 Å². The number of thiophene rings is 1. The maximum absolute atomic E-state index is 6.07. The molecule has 19 heavy (non-hydrogen) atoms. The summed E-state index contributed by atoms with van der Waals surface area (Å²) in [4.78, 5) is 6.80. The molecule has 0 atom stereocenters. The van der Waals surface area contributed by atoms with Crippen molar-refractivity contribution in [3.63, 3.8) is 0 Å². The fourth-order valence-electron chi connectivity index (χ4n) is 2.10. The Hall–Kier alpha value is -0.580. The predicted molar refractivity (Wildman–Crippen MR) is 87.4 cm³/mol. The third-order valence-electron chi connectivity index (χ3n) is 2.99. The highest BCUT2D eigenvalue weighted by Crippen LogP contribution is 2.27.